The zero-order valence-electron chi connectivity index (χ0n) is 12.7. The van der Waals surface area contributed by atoms with Crippen molar-refractivity contribution in [3.63, 3.8) is 0 Å². The Bertz CT molecular complexity index is 385. The lowest BCUT2D eigenvalue weighted by atomic mass is 9.82. The first-order valence-corrected chi connectivity index (χ1v) is 6.96. The Kier molecular flexibility index (Phi) is 4.98. The summed E-state index contributed by atoms with van der Waals surface area (Å²) in [5.41, 5.74) is 4.29. The highest BCUT2D eigenvalue weighted by Crippen LogP contribution is 2.26. The first-order chi connectivity index (χ1) is 8.25. The van der Waals surface area contributed by atoms with Crippen LogP contribution >= 0.6 is 0 Å². The molecule has 1 unspecified atom stereocenters. The molecular weight excluding hydrogens is 220 g/mol. The second-order valence-electron chi connectivity index (χ2n) is 6.78. The predicted octanol–water partition coefficient (Wildman–Crippen LogP) is 4.10. The molecule has 0 saturated carbocycles. The van der Waals surface area contributed by atoms with Gasteiger partial charge in [-0.2, -0.15) is 0 Å². The smallest absolute Gasteiger partial charge is 0.0464 e. The Morgan fingerprint density at radius 1 is 1.17 bits per heavy atom. The third-order valence-corrected chi connectivity index (χ3v) is 3.87. The maximum Gasteiger partial charge on any atom is 0.0464 e. The zero-order valence-corrected chi connectivity index (χ0v) is 12.7. The van der Waals surface area contributed by atoms with E-state index in [0.717, 1.165) is 6.42 Å². The Morgan fingerprint density at radius 2 is 1.78 bits per heavy atom. The van der Waals surface area contributed by atoms with Gasteiger partial charge in [-0.15, -0.1) is 0 Å². The van der Waals surface area contributed by atoms with Crippen molar-refractivity contribution in [3.05, 3.63) is 34.9 Å². The molecule has 1 atom stereocenters. The topological polar surface area (TPSA) is 20.2 Å². The SMILES string of the molecule is Cc1ccc(C(C)(C)C)cc1CC(CO)C(C)C. The van der Waals surface area contributed by atoms with E-state index in [4.69, 9.17) is 0 Å². The minimum Gasteiger partial charge on any atom is -0.396 e. The third-order valence-electron chi connectivity index (χ3n) is 3.87. The van der Waals surface area contributed by atoms with Crippen LogP contribution in [0.15, 0.2) is 18.2 Å². The van der Waals surface area contributed by atoms with Crippen LogP contribution in [0.25, 0.3) is 0 Å². The maximum atomic E-state index is 9.48. The lowest BCUT2D eigenvalue weighted by molar-refractivity contribution is 0.189. The lowest BCUT2D eigenvalue weighted by Gasteiger charge is -2.23. The van der Waals surface area contributed by atoms with E-state index < -0.39 is 0 Å². The molecule has 0 bridgehead atoms. The minimum atomic E-state index is 0.189. The van der Waals surface area contributed by atoms with Crippen molar-refractivity contribution in [1.29, 1.82) is 0 Å². The molecule has 1 aromatic rings. The molecule has 18 heavy (non-hydrogen) atoms. The van der Waals surface area contributed by atoms with E-state index in [1.165, 1.54) is 16.7 Å². The first-order valence-electron chi connectivity index (χ1n) is 6.96. The average molecular weight is 248 g/mol. The molecule has 0 aliphatic heterocycles. The minimum absolute atomic E-state index is 0.189. The summed E-state index contributed by atoms with van der Waals surface area (Å²) < 4.78 is 0. The highest BCUT2D eigenvalue weighted by Gasteiger charge is 2.18. The fourth-order valence-electron chi connectivity index (χ4n) is 2.15. The van der Waals surface area contributed by atoms with E-state index in [0.29, 0.717) is 11.8 Å². The van der Waals surface area contributed by atoms with E-state index in [2.05, 4.69) is 59.7 Å². The summed E-state index contributed by atoms with van der Waals surface area (Å²) in [6.45, 7) is 13.5. The molecule has 102 valence electrons. The number of hydrogen-bond acceptors (Lipinski definition) is 1. The highest BCUT2D eigenvalue weighted by molar-refractivity contribution is 5.34. The Balaban J connectivity index is 3.01. The average Bonchev–Trinajstić information content (AvgIpc) is 2.25. The Morgan fingerprint density at radius 3 is 2.22 bits per heavy atom. The standard InChI is InChI=1S/C17H28O/c1-12(2)15(11-18)9-14-10-16(17(4,5)6)8-7-13(14)3/h7-8,10,12,15,18H,9,11H2,1-6H3. The molecule has 0 saturated heterocycles. The van der Waals surface area contributed by atoms with Gasteiger partial charge in [0.2, 0.25) is 0 Å². The van der Waals surface area contributed by atoms with Crippen molar-refractivity contribution in [2.75, 3.05) is 6.61 Å². The summed E-state index contributed by atoms with van der Waals surface area (Å²) >= 11 is 0. The number of aliphatic hydroxyl groups excluding tert-OH is 1. The van der Waals surface area contributed by atoms with Gasteiger partial charge in [-0.05, 0) is 47.3 Å². The maximum absolute atomic E-state index is 9.48. The second-order valence-corrected chi connectivity index (χ2v) is 6.78. The van der Waals surface area contributed by atoms with Crippen molar-refractivity contribution in [2.45, 2.75) is 53.4 Å². The fourth-order valence-corrected chi connectivity index (χ4v) is 2.15. The normalized spacial score (nSPS) is 14.0. The van der Waals surface area contributed by atoms with E-state index in [9.17, 15) is 5.11 Å². The largest absolute Gasteiger partial charge is 0.396 e. The molecule has 0 aliphatic carbocycles. The van der Waals surface area contributed by atoms with Crippen LogP contribution in [-0.2, 0) is 11.8 Å². The molecule has 0 spiro atoms. The summed E-state index contributed by atoms with van der Waals surface area (Å²) in [5, 5.41) is 9.48. The lowest BCUT2D eigenvalue weighted by Crippen LogP contribution is -2.18. The van der Waals surface area contributed by atoms with Crippen molar-refractivity contribution in [1.82, 2.24) is 0 Å². The molecule has 0 fully saturated rings. The number of hydrogen-bond donors (Lipinski definition) is 1. The van der Waals surface area contributed by atoms with Gasteiger partial charge in [0.15, 0.2) is 0 Å². The summed E-state index contributed by atoms with van der Waals surface area (Å²) in [7, 11) is 0. The van der Waals surface area contributed by atoms with Gasteiger partial charge >= 0.3 is 0 Å². The van der Waals surface area contributed by atoms with Gasteiger partial charge < -0.3 is 5.11 Å². The van der Waals surface area contributed by atoms with Gasteiger partial charge in [0, 0.05) is 6.61 Å². The van der Waals surface area contributed by atoms with E-state index in [1.807, 2.05) is 0 Å². The second kappa shape index (κ2) is 5.88. The van der Waals surface area contributed by atoms with Gasteiger partial charge in [0.25, 0.3) is 0 Å². The molecule has 1 rings (SSSR count). The molecule has 1 nitrogen and oxygen atoms in total. The number of benzene rings is 1. The fraction of sp³-hybridized carbons (Fsp3) is 0.647. The van der Waals surface area contributed by atoms with Gasteiger partial charge in [-0.1, -0.05) is 52.8 Å². The number of aryl methyl sites for hydroxylation is 1. The van der Waals surface area contributed by atoms with E-state index in [-0.39, 0.29) is 12.0 Å². The van der Waals surface area contributed by atoms with Crippen LogP contribution in [0.1, 0.15) is 51.3 Å². The van der Waals surface area contributed by atoms with Gasteiger partial charge in [0.1, 0.15) is 0 Å². The zero-order chi connectivity index (χ0) is 13.9. The van der Waals surface area contributed by atoms with Crippen molar-refractivity contribution in [2.24, 2.45) is 11.8 Å². The molecule has 0 heterocycles. The van der Waals surface area contributed by atoms with E-state index >= 15 is 0 Å². The molecule has 0 aromatic heterocycles. The highest BCUT2D eigenvalue weighted by atomic mass is 16.3. The molecule has 1 N–H and O–H groups in total. The Labute approximate surface area is 112 Å². The van der Waals surface area contributed by atoms with Crippen molar-refractivity contribution in [3.8, 4) is 0 Å². The predicted molar refractivity (Wildman–Crippen MR) is 79.0 cm³/mol. The van der Waals surface area contributed by atoms with Gasteiger partial charge in [0.05, 0.1) is 0 Å². The molecular formula is C17H28O. The molecule has 1 aromatic carbocycles. The number of aliphatic hydroxyl groups is 1. The van der Waals surface area contributed by atoms with E-state index in [1.54, 1.807) is 0 Å². The summed E-state index contributed by atoms with van der Waals surface area (Å²) in [5.74, 6) is 0.881. The number of rotatable bonds is 4. The quantitative estimate of drug-likeness (QED) is 0.850. The van der Waals surface area contributed by atoms with Crippen LogP contribution in [0, 0.1) is 18.8 Å². The summed E-state index contributed by atoms with van der Waals surface area (Å²) in [6, 6.07) is 6.76. The summed E-state index contributed by atoms with van der Waals surface area (Å²) in [6.07, 6.45) is 0.976. The van der Waals surface area contributed by atoms with Crippen LogP contribution in [0.3, 0.4) is 0 Å². The monoisotopic (exact) mass is 248 g/mol. The van der Waals surface area contributed by atoms with Crippen LogP contribution < -0.4 is 0 Å². The van der Waals surface area contributed by atoms with Crippen LogP contribution in [-0.4, -0.2) is 11.7 Å². The van der Waals surface area contributed by atoms with Gasteiger partial charge in [-0.25, -0.2) is 0 Å². The van der Waals surface area contributed by atoms with Crippen LogP contribution in [0.2, 0.25) is 0 Å². The van der Waals surface area contributed by atoms with Crippen molar-refractivity contribution >= 4 is 0 Å². The van der Waals surface area contributed by atoms with Crippen LogP contribution in [0.4, 0.5) is 0 Å². The summed E-state index contributed by atoms with van der Waals surface area (Å²) in [4.78, 5) is 0. The molecule has 0 radical (unpaired) electrons. The molecule has 0 aliphatic rings. The van der Waals surface area contributed by atoms with Gasteiger partial charge in [-0.3, -0.25) is 0 Å². The van der Waals surface area contributed by atoms with Crippen LogP contribution in [0.5, 0.6) is 0 Å². The Hall–Kier alpha value is -0.820. The molecule has 1 heteroatoms. The first kappa shape index (κ1) is 15.2. The van der Waals surface area contributed by atoms with Crippen molar-refractivity contribution < 1.29 is 5.11 Å². The third kappa shape index (κ3) is 3.84. The molecule has 0 amide bonds.